The molecule has 2 heterocycles. The molecule has 0 unspecified atom stereocenters. The number of fused-ring (bicyclic) bond motifs is 1. The van der Waals surface area contributed by atoms with Crippen LogP contribution >= 0.6 is 0 Å². The van der Waals surface area contributed by atoms with E-state index in [2.05, 4.69) is 20.6 Å². The number of nitrogens with zero attached hydrogens (tertiary/aromatic N) is 4. The van der Waals surface area contributed by atoms with Gasteiger partial charge in [-0.3, -0.25) is 4.79 Å². The van der Waals surface area contributed by atoms with Gasteiger partial charge in [-0.25, -0.2) is 0 Å². The van der Waals surface area contributed by atoms with Crippen LogP contribution in [-0.2, 0) is 17.8 Å². The van der Waals surface area contributed by atoms with E-state index in [1.54, 1.807) is 4.52 Å². The van der Waals surface area contributed by atoms with Crippen molar-refractivity contribution in [2.45, 2.75) is 19.9 Å². The zero-order valence-corrected chi connectivity index (χ0v) is 16.1. The highest BCUT2D eigenvalue weighted by molar-refractivity contribution is 5.78. The standard InChI is InChI=1S/C22H21N5O2/c1-2-29-18-10-8-16(9-11-18)14-22(28)23-15-21-25-24-20-13-12-19(26-27(20)21)17-6-4-3-5-7-17/h3-13H,2,14-15H2,1H3,(H,23,28). The Morgan fingerprint density at radius 1 is 1.00 bits per heavy atom. The van der Waals surface area contributed by atoms with Crippen molar-refractivity contribution in [3.05, 3.63) is 78.1 Å². The Hall–Kier alpha value is -3.74. The molecule has 0 saturated carbocycles. The third kappa shape index (κ3) is 4.40. The number of carbonyl (C=O) groups is 1. The molecule has 2 aromatic carbocycles. The fourth-order valence-corrected chi connectivity index (χ4v) is 3.00. The maximum Gasteiger partial charge on any atom is 0.224 e. The minimum Gasteiger partial charge on any atom is -0.494 e. The number of nitrogens with one attached hydrogen (secondary N) is 1. The summed E-state index contributed by atoms with van der Waals surface area (Å²) in [6, 6.07) is 21.2. The van der Waals surface area contributed by atoms with E-state index < -0.39 is 0 Å². The largest absolute Gasteiger partial charge is 0.494 e. The second kappa shape index (κ2) is 8.52. The van der Waals surface area contributed by atoms with Crippen molar-refractivity contribution in [3.8, 4) is 17.0 Å². The van der Waals surface area contributed by atoms with Crippen LogP contribution in [0.2, 0.25) is 0 Å². The molecule has 0 radical (unpaired) electrons. The third-order valence-corrected chi connectivity index (χ3v) is 4.44. The number of rotatable bonds is 7. The van der Waals surface area contributed by atoms with Crippen LogP contribution < -0.4 is 10.1 Å². The smallest absolute Gasteiger partial charge is 0.224 e. The van der Waals surface area contributed by atoms with Crippen molar-refractivity contribution in [3.63, 3.8) is 0 Å². The van der Waals surface area contributed by atoms with Gasteiger partial charge < -0.3 is 10.1 Å². The third-order valence-electron chi connectivity index (χ3n) is 4.44. The van der Waals surface area contributed by atoms with Crippen LogP contribution in [0.4, 0.5) is 0 Å². The molecule has 7 nitrogen and oxygen atoms in total. The molecule has 0 atom stereocenters. The lowest BCUT2D eigenvalue weighted by Gasteiger charge is -2.07. The molecule has 4 aromatic rings. The summed E-state index contributed by atoms with van der Waals surface area (Å²) in [5.41, 5.74) is 3.38. The molecule has 1 N–H and O–H groups in total. The van der Waals surface area contributed by atoms with E-state index in [4.69, 9.17) is 4.74 Å². The second-order valence-corrected chi connectivity index (χ2v) is 6.50. The van der Waals surface area contributed by atoms with E-state index in [1.165, 1.54) is 0 Å². The van der Waals surface area contributed by atoms with Gasteiger partial charge in [-0.1, -0.05) is 42.5 Å². The van der Waals surface area contributed by atoms with Crippen LogP contribution in [0.1, 0.15) is 18.3 Å². The van der Waals surface area contributed by atoms with Crippen molar-refractivity contribution in [2.24, 2.45) is 0 Å². The fourth-order valence-electron chi connectivity index (χ4n) is 3.00. The van der Waals surface area contributed by atoms with Crippen LogP contribution in [0.3, 0.4) is 0 Å². The molecule has 146 valence electrons. The average molecular weight is 387 g/mol. The molecule has 0 aliphatic heterocycles. The Labute approximate surface area is 168 Å². The van der Waals surface area contributed by atoms with Crippen LogP contribution in [0, 0.1) is 0 Å². The number of amides is 1. The van der Waals surface area contributed by atoms with E-state index in [1.807, 2.05) is 73.7 Å². The summed E-state index contributed by atoms with van der Waals surface area (Å²) in [6.07, 6.45) is 0.284. The van der Waals surface area contributed by atoms with Gasteiger partial charge in [-0.15, -0.1) is 10.2 Å². The number of hydrogen-bond donors (Lipinski definition) is 1. The zero-order valence-electron chi connectivity index (χ0n) is 16.1. The average Bonchev–Trinajstić information content (AvgIpc) is 3.17. The highest BCUT2D eigenvalue weighted by Crippen LogP contribution is 2.17. The van der Waals surface area contributed by atoms with Crippen molar-refractivity contribution in [1.29, 1.82) is 0 Å². The summed E-state index contributed by atoms with van der Waals surface area (Å²) in [7, 11) is 0. The van der Waals surface area contributed by atoms with Gasteiger partial charge in [0.1, 0.15) is 5.75 Å². The van der Waals surface area contributed by atoms with E-state index in [0.717, 1.165) is 22.6 Å². The SMILES string of the molecule is CCOc1ccc(CC(=O)NCc2nnc3ccc(-c4ccccc4)nn23)cc1. The van der Waals surface area contributed by atoms with Gasteiger partial charge in [0, 0.05) is 5.56 Å². The molecule has 0 spiro atoms. The van der Waals surface area contributed by atoms with Gasteiger partial charge in [0.05, 0.1) is 25.3 Å². The molecule has 1 amide bonds. The summed E-state index contributed by atoms with van der Waals surface area (Å²) in [6.45, 7) is 2.81. The van der Waals surface area contributed by atoms with Crippen LogP contribution in [0.25, 0.3) is 16.9 Å². The first-order valence-corrected chi connectivity index (χ1v) is 9.48. The predicted molar refractivity (Wildman–Crippen MR) is 109 cm³/mol. The summed E-state index contributed by atoms with van der Waals surface area (Å²) in [4.78, 5) is 12.3. The molecule has 0 aliphatic carbocycles. The first-order valence-electron chi connectivity index (χ1n) is 9.48. The lowest BCUT2D eigenvalue weighted by atomic mass is 10.1. The van der Waals surface area contributed by atoms with Crippen molar-refractivity contribution in [1.82, 2.24) is 25.1 Å². The van der Waals surface area contributed by atoms with E-state index in [9.17, 15) is 4.79 Å². The number of ether oxygens (including phenoxy) is 1. The van der Waals surface area contributed by atoms with Crippen molar-refractivity contribution < 1.29 is 9.53 Å². The Kier molecular flexibility index (Phi) is 5.47. The molecule has 7 heteroatoms. The Balaban J connectivity index is 1.43. The van der Waals surface area contributed by atoms with Crippen LogP contribution in [0.15, 0.2) is 66.7 Å². The number of carbonyl (C=O) groups excluding carboxylic acids is 1. The van der Waals surface area contributed by atoms with Crippen molar-refractivity contribution >= 4 is 11.6 Å². The Morgan fingerprint density at radius 3 is 2.55 bits per heavy atom. The minimum absolute atomic E-state index is 0.0925. The number of aromatic nitrogens is 4. The van der Waals surface area contributed by atoms with Crippen LogP contribution in [0.5, 0.6) is 5.75 Å². The molecule has 0 aliphatic rings. The van der Waals surface area contributed by atoms with Gasteiger partial charge in [0.25, 0.3) is 0 Å². The Bertz CT molecular complexity index is 1110. The molecular formula is C22H21N5O2. The first kappa shape index (κ1) is 18.6. The monoisotopic (exact) mass is 387 g/mol. The highest BCUT2D eigenvalue weighted by Gasteiger charge is 2.11. The maximum absolute atomic E-state index is 12.3. The summed E-state index contributed by atoms with van der Waals surface area (Å²) >= 11 is 0. The maximum atomic E-state index is 12.3. The lowest BCUT2D eigenvalue weighted by Crippen LogP contribution is -2.25. The molecule has 0 bridgehead atoms. The highest BCUT2D eigenvalue weighted by atomic mass is 16.5. The van der Waals surface area contributed by atoms with Crippen LogP contribution in [-0.4, -0.2) is 32.3 Å². The molecule has 4 rings (SSSR count). The lowest BCUT2D eigenvalue weighted by molar-refractivity contribution is -0.120. The van der Waals surface area contributed by atoms with E-state index in [0.29, 0.717) is 18.1 Å². The van der Waals surface area contributed by atoms with Gasteiger partial charge in [0.2, 0.25) is 5.91 Å². The summed E-state index contributed by atoms with van der Waals surface area (Å²) in [5.74, 6) is 1.29. The fraction of sp³-hybridized carbons (Fsp3) is 0.182. The van der Waals surface area contributed by atoms with Gasteiger partial charge in [-0.2, -0.15) is 9.61 Å². The molecular weight excluding hydrogens is 366 g/mol. The molecule has 0 saturated heterocycles. The normalized spacial score (nSPS) is 10.8. The van der Waals surface area contributed by atoms with Gasteiger partial charge in [0.15, 0.2) is 11.5 Å². The van der Waals surface area contributed by atoms with E-state index in [-0.39, 0.29) is 18.9 Å². The second-order valence-electron chi connectivity index (χ2n) is 6.50. The number of benzene rings is 2. The van der Waals surface area contributed by atoms with Gasteiger partial charge in [-0.05, 0) is 36.8 Å². The van der Waals surface area contributed by atoms with Crippen molar-refractivity contribution in [2.75, 3.05) is 6.61 Å². The van der Waals surface area contributed by atoms with Gasteiger partial charge >= 0.3 is 0 Å². The summed E-state index contributed by atoms with van der Waals surface area (Å²) in [5, 5.41) is 15.8. The number of hydrogen-bond acceptors (Lipinski definition) is 5. The minimum atomic E-state index is -0.0925. The summed E-state index contributed by atoms with van der Waals surface area (Å²) < 4.78 is 7.09. The zero-order chi connectivity index (χ0) is 20.1. The first-order chi connectivity index (χ1) is 14.2. The topological polar surface area (TPSA) is 81.4 Å². The predicted octanol–water partition coefficient (Wildman–Crippen LogP) is 3.05. The Morgan fingerprint density at radius 2 is 1.79 bits per heavy atom. The molecule has 29 heavy (non-hydrogen) atoms. The van der Waals surface area contributed by atoms with E-state index >= 15 is 0 Å². The quantitative estimate of drug-likeness (QED) is 0.527. The molecule has 0 fully saturated rings. The molecule has 2 aromatic heterocycles.